The molecule has 0 radical (unpaired) electrons. The Morgan fingerprint density at radius 2 is 1.79 bits per heavy atom. The molecule has 3 aliphatic heterocycles. The van der Waals surface area contributed by atoms with Crippen molar-refractivity contribution in [1.82, 2.24) is 4.90 Å². The van der Waals surface area contributed by atoms with Crippen molar-refractivity contribution in [2.24, 2.45) is 5.92 Å². The van der Waals surface area contributed by atoms with Gasteiger partial charge in [0.05, 0.1) is 18.0 Å². The number of piperidine rings is 2. The van der Waals surface area contributed by atoms with Crippen LogP contribution < -0.4 is 0 Å². The van der Waals surface area contributed by atoms with E-state index in [1.165, 1.54) is 0 Å². The van der Waals surface area contributed by atoms with Gasteiger partial charge in [0.1, 0.15) is 4.08 Å². The molecule has 0 aromatic carbocycles. The van der Waals surface area contributed by atoms with Crippen LogP contribution in [0, 0.1) is 17.2 Å². The van der Waals surface area contributed by atoms with E-state index in [2.05, 4.69) is 11.0 Å². The minimum atomic E-state index is -1.05. The lowest BCUT2D eigenvalue weighted by atomic mass is 9.83. The molecule has 19 heavy (non-hydrogen) atoms. The largest absolute Gasteiger partial charge is 0.297 e. The molecule has 2 unspecified atom stereocenters. The first-order chi connectivity index (χ1) is 9.20. The molecule has 3 aliphatic rings. The van der Waals surface area contributed by atoms with Crippen LogP contribution in [0.3, 0.4) is 0 Å². The van der Waals surface area contributed by atoms with Gasteiger partial charge < -0.3 is 0 Å². The molecule has 3 heterocycles. The highest BCUT2D eigenvalue weighted by Crippen LogP contribution is 2.45. The molecule has 4 atom stereocenters. The lowest BCUT2D eigenvalue weighted by Crippen LogP contribution is -2.66. The summed E-state index contributed by atoms with van der Waals surface area (Å²) in [4.78, 5) is 2.31. The molecule has 1 spiro atoms. The Hall–Kier alpha value is -0.250. The van der Waals surface area contributed by atoms with E-state index in [0.29, 0.717) is 11.5 Å². The Kier molecular flexibility index (Phi) is 3.80. The fourth-order valence-corrected chi connectivity index (χ4v) is 8.91. The molecule has 4 nitrogen and oxygen atoms in total. The van der Waals surface area contributed by atoms with Crippen LogP contribution in [-0.4, -0.2) is 48.0 Å². The zero-order chi connectivity index (χ0) is 13.5. The van der Waals surface area contributed by atoms with Gasteiger partial charge in [0.2, 0.25) is 0 Å². The predicted molar refractivity (Wildman–Crippen MR) is 76.3 cm³/mol. The molecule has 6 heteroatoms. The van der Waals surface area contributed by atoms with Crippen molar-refractivity contribution < 1.29 is 8.42 Å². The lowest BCUT2D eigenvalue weighted by Gasteiger charge is -2.53. The Morgan fingerprint density at radius 3 is 2.47 bits per heavy atom. The second-order valence-corrected chi connectivity index (χ2v) is 9.64. The molecule has 0 aromatic heterocycles. The van der Waals surface area contributed by atoms with Crippen LogP contribution in [-0.2, 0) is 21.6 Å². The summed E-state index contributed by atoms with van der Waals surface area (Å²) in [7, 11) is -2.10. The molecule has 0 saturated carbocycles. The molecule has 3 rings (SSSR count). The van der Waals surface area contributed by atoms with Crippen LogP contribution >= 0.6 is 0 Å². The number of fused-ring (bicyclic) bond motifs is 2. The van der Waals surface area contributed by atoms with E-state index in [0.717, 1.165) is 45.2 Å². The monoisotopic (exact) mass is 300 g/mol. The van der Waals surface area contributed by atoms with Crippen LogP contribution in [0.2, 0.25) is 0 Å². The van der Waals surface area contributed by atoms with Crippen molar-refractivity contribution in [3.05, 3.63) is 0 Å². The molecule has 106 valence electrons. The van der Waals surface area contributed by atoms with Gasteiger partial charge in [-0.15, -0.1) is 0 Å². The number of rotatable bonds is 0. The molecule has 0 amide bonds. The normalized spacial score (nSPS) is 47.5. The van der Waals surface area contributed by atoms with E-state index in [1.807, 2.05) is 0 Å². The van der Waals surface area contributed by atoms with Gasteiger partial charge in [-0.3, -0.25) is 13.3 Å². The summed E-state index contributed by atoms with van der Waals surface area (Å²) in [5.41, 5.74) is 0. The Bertz CT molecular complexity index is 442. The second kappa shape index (κ2) is 5.27. The molecule has 3 fully saturated rings. The first-order valence-electron chi connectivity index (χ1n) is 7.11. The summed E-state index contributed by atoms with van der Waals surface area (Å²) in [6.07, 6.45) is 4.43. The van der Waals surface area contributed by atoms with Gasteiger partial charge in [0.25, 0.3) is 0 Å². The minimum Gasteiger partial charge on any atom is -0.297 e. The van der Waals surface area contributed by atoms with Gasteiger partial charge >= 0.3 is 0 Å². The maximum atomic E-state index is 12.7. The molecule has 0 aliphatic carbocycles. The standard InChI is InChI=1S/C13H20N2O2S2/c14-10-11-4-1-6-15-7-2-5-13(12(11)15)18(16)8-3-9-19(13)17/h11-12H,1-9H2/t11-,12-,13?,18?,19?/m1/s1. The first kappa shape index (κ1) is 13.7. The van der Waals surface area contributed by atoms with E-state index in [1.54, 1.807) is 0 Å². The van der Waals surface area contributed by atoms with Gasteiger partial charge in [-0.05, 0) is 45.2 Å². The Morgan fingerprint density at radius 1 is 1.11 bits per heavy atom. The summed E-state index contributed by atoms with van der Waals surface area (Å²) >= 11 is 0. The fraction of sp³-hybridized carbons (Fsp3) is 0.923. The van der Waals surface area contributed by atoms with Crippen molar-refractivity contribution in [1.29, 1.82) is 5.26 Å². The summed E-state index contributed by atoms with van der Waals surface area (Å²) in [5, 5.41) is 9.44. The van der Waals surface area contributed by atoms with Crippen molar-refractivity contribution in [3.63, 3.8) is 0 Å². The maximum absolute atomic E-state index is 12.7. The summed E-state index contributed by atoms with van der Waals surface area (Å²) < 4.78 is 24.7. The highest BCUT2D eigenvalue weighted by Gasteiger charge is 2.58. The topological polar surface area (TPSA) is 61.2 Å². The smallest absolute Gasteiger partial charge is 0.137 e. The number of hydrogen-bond donors (Lipinski definition) is 0. The van der Waals surface area contributed by atoms with Crippen LogP contribution in [0.1, 0.15) is 32.1 Å². The SMILES string of the molecule is N#C[C@H]1CCCN2CCCC3([C@@H]12)S(=O)CCCS3=O. The van der Waals surface area contributed by atoms with E-state index >= 15 is 0 Å². The molecule has 3 saturated heterocycles. The molecule has 0 bridgehead atoms. The van der Waals surface area contributed by atoms with E-state index in [-0.39, 0.29) is 12.0 Å². The van der Waals surface area contributed by atoms with Crippen LogP contribution in [0.15, 0.2) is 0 Å². The van der Waals surface area contributed by atoms with Crippen molar-refractivity contribution in [3.8, 4) is 6.07 Å². The van der Waals surface area contributed by atoms with Crippen molar-refractivity contribution in [2.45, 2.75) is 42.2 Å². The highest BCUT2D eigenvalue weighted by atomic mass is 32.2. The van der Waals surface area contributed by atoms with E-state index in [4.69, 9.17) is 0 Å². The Labute approximate surface area is 119 Å². The molecule has 0 aromatic rings. The van der Waals surface area contributed by atoms with Gasteiger partial charge in [-0.1, -0.05) is 0 Å². The maximum Gasteiger partial charge on any atom is 0.137 e. The quantitative estimate of drug-likeness (QED) is 0.669. The van der Waals surface area contributed by atoms with Gasteiger partial charge in [-0.25, -0.2) is 0 Å². The van der Waals surface area contributed by atoms with Crippen LogP contribution in [0.25, 0.3) is 0 Å². The average Bonchev–Trinajstić information content (AvgIpc) is 2.44. The number of nitrogens with zero attached hydrogens (tertiary/aromatic N) is 2. The second-order valence-electron chi connectivity index (χ2n) is 5.73. The van der Waals surface area contributed by atoms with Gasteiger partial charge in [0.15, 0.2) is 0 Å². The summed E-state index contributed by atoms with van der Waals surface area (Å²) in [6, 6.07) is 2.37. The highest BCUT2D eigenvalue weighted by molar-refractivity contribution is 8.05. The van der Waals surface area contributed by atoms with Crippen molar-refractivity contribution >= 4 is 21.6 Å². The zero-order valence-electron chi connectivity index (χ0n) is 11.0. The first-order valence-corrected chi connectivity index (χ1v) is 9.74. The minimum absolute atomic E-state index is 0.0398. The van der Waals surface area contributed by atoms with E-state index in [9.17, 15) is 13.7 Å². The summed E-state index contributed by atoms with van der Waals surface area (Å²) in [6.45, 7) is 1.94. The fourth-order valence-electron chi connectivity index (χ4n) is 3.98. The number of hydrogen-bond acceptors (Lipinski definition) is 4. The summed E-state index contributed by atoms with van der Waals surface area (Å²) in [5.74, 6) is 1.22. The third-order valence-electron chi connectivity index (χ3n) is 4.75. The third-order valence-corrected chi connectivity index (χ3v) is 9.62. The van der Waals surface area contributed by atoms with Crippen LogP contribution in [0.5, 0.6) is 0 Å². The lowest BCUT2D eigenvalue weighted by molar-refractivity contribution is 0.0743. The molecule has 0 N–H and O–H groups in total. The predicted octanol–water partition coefficient (Wildman–Crippen LogP) is 0.982. The number of nitriles is 1. The third kappa shape index (κ3) is 2.01. The molecular weight excluding hydrogens is 280 g/mol. The molecular formula is C13H20N2O2S2. The van der Waals surface area contributed by atoms with Gasteiger partial charge in [-0.2, -0.15) is 5.26 Å². The van der Waals surface area contributed by atoms with Crippen LogP contribution in [0.4, 0.5) is 0 Å². The zero-order valence-corrected chi connectivity index (χ0v) is 12.7. The van der Waals surface area contributed by atoms with Crippen molar-refractivity contribution in [2.75, 3.05) is 24.6 Å². The Balaban J connectivity index is 2.04. The average molecular weight is 300 g/mol. The van der Waals surface area contributed by atoms with E-state index < -0.39 is 25.7 Å². The van der Waals surface area contributed by atoms with Gasteiger partial charge in [0, 0.05) is 33.1 Å².